The number of carbonyl (C=O) groups is 1. The molecule has 2 aromatic carbocycles. The number of benzene rings is 2. The van der Waals surface area contributed by atoms with E-state index in [-0.39, 0.29) is 11.8 Å². The molecule has 1 N–H and O–H groups in total. The van der Waals surface area contributed by atoms with Gasteiger partial charge in [0.1, 0.15) is 5.82 Å². The highest BCUT2D eigenvalue weighted by atomic mass is 16.5. The molecule has 1 aliphatic rings. The summed E-state index contributed by atoms with van der Waals surface area (Å²) in [5.74, 6) is 2.01. The molecule has 0 spiro atoms. The number of anilines is 1. The van der Waals surface area contributed by atoms with E-state index >= 15 is 0 Å². The van der Waals surface area contributed by atoms with Gasteiger partial charge in [-0.25, -0.2) is 4.98 Å². The van der Waals surface area contributed by atoms with Crippen LogP contribution in [-0.2, 0) is 11.2 Å². The average molecular weight is 468 g/mol. The molecule has 0 bridgehead atoms. The van der Waals surface area contributed by atoms with Crippen LogP contribution in [0.2, 0.25) is 0 Å². The van der Waals surface area contributed by atoms with Crippen LogP contribution in [0.5, 0.6) is 0 Å². The largest absolute Gasteiger partial charge is 0.356 e. The zero-order valence-electron chi connectivity index (χ0n) is 19.6. The maximum atomic E-state index is 12.7. The number of rotatable bonds is 8. The molecule has 178 valence electrons. The molecular formula is C28H29N5O2. The normalized spacial score (nSPS) is 14.1. The van der Waals surface area contributed by atoms with Gasteiger partial charge in [-0.05, 0) is 43.4 Å². The predicted molar refractivity (Wildman–Crippen MR) is 136 cm³/mol. The van der Waals surface area contributed by atoms with Crippen molar-refractivity contribution in [3.63, 3.8) is 0 Å². The number of hydrogen-bond acceptors (Lipinski definition) is 6. The van der Waals surface area contributed by atoms with Gasteiger partial charge in [0.2, 0.25) is 11.7 Å². The molecule has 7 nitrogen and oxygen atoms in total. The van der Waals surface area contributed by atoms with Crippen molar-refractivity contribution in [3.05, 3.63) is 84.6 Å². The maximum absolute atomic E-state index is 12.7. The predicted octanol–water partition coefficient (Wildman–Crippen LogP) is 4.76. The Kier molecular flexibility index (Phi) is 7.13. The van der Waals surface area contributed by atoms with Gasteiger partial charge >= 0.3 is 0 Å². The van der Waals surface area contributed by atoms with E-state index in [1.54, 1.807) is 6.20 Å². The van der Waals surface area contributed by atoms with Gasteiger partial charge in [0.25, 0.3) is 5.89 Å². The Morgan fingerprint density at radius 3 is 2.49 bits per heavy atom. The Balaban J connectivity index is 1.17. The summed E-state index contributed by atoms with van der Waals surface area (Å²) >= 11 is 0. The number of aryl methyl sites for hydroxylation is 1. The van der Waals surface area contributed by atoms with Crippen molar-refractivity contribution < 1.29 is 9.32 Å². The van der Waals surface area contributed by atoms with Crippen LogP contribution in [0.4, 0.5) is 5.82 Å². The van der Waals surface area contributed by atoms with Crippen LogP contribution in [0, 0.1) is 5.92 Å². The number of nitrogens with one attached hydrogen (secondary N) is 1. The number of pyridine rings is 1. The second-order valence-corrected chi connectivity index (χ2v) is 8.81. The smallest absolute Gasteiger partial charge is 0.261 e. The number of amides is 1. The summed E-state index contributed by atoms with van der Waals surface area (Å²) in [6.07, 6.45) is 5.28. The molecule has 0 radical (unpaired) electrons. The molecule has 35 heavy (non-hydrogen) atoms. The lowest BCUT2D eigenvalue weighted by atomic mass is 9.95. The van der Waals surface area contributed by atoms with Crippen molar-refractivity contribution in [2.24, 2.45) is 5.92 Å². The molecule has 2 aromatic heterocycles. The third kappa shape index (κ3) is 5.57. The van der Waals surface area contributed by atoms with Crippen LogP contribution in [0.1, 0.15) is 24.8 Å². The van der Waals surface area contributed by atoms with Crippen LogP contribution in [0.3, 0.4) is 0 Å². The Hall–Kier alpha value is -4.00. The van der Waals surface area contributed by atoms with E-state index in [0.29, 0.717) is 18.3 Å². The van der Waals surface area contributed by atoms with E-state index in [1.807, 2.05) is 48.5 Å². The van der Waals surface area contributed by atoms with Gasteiger partial charge in [-0.1, -0.05) is 65.8 Å². The summed E-state index contributed by atoms with van der Waals surface area (Å²) in [4.78, 5) is 24.1. The molecule has 0 atom stereocenters. The van der Waals surface area contributed by atoms with Crippen molar-refractivity contribution in [3.8, 4) is 22.8 Å². The zero-order valence-corrected chi connectivity index (χ0v) is 19.6. The minimum Gasteiger partial charge on any atom is -0.356 e. The molecule has 1 fully saturated rings. The third-order valence-electron chi connectivity index (χ3n) is 6.42. The van der Waals surface area contributed by atoms with Crippen molar-refractivity contribution in [2.75, 3.05) is 24.5 Å². The molecule has 0 aliphatic carbocycles. The van der Waals surface area contributed by atoms with Crippen molar-refractivity contribution >= 4 is 11.7 Å². The molecule has 0 saturated carbocycles. The first kappa shape index (κ1) is 22.8. The zero-order chi connectivity index (χ0) is 23.9. The summed E-state index contributed by atoms with van der Waals surface area (Å²) in [5, 5.41) is 7.28. The van der Waals surface area contributed by atoms with Crippen LogP contribution in [0.15, 0.2) is 83.5 Å². The first-order chi connectivity index (χ1) is 17.3. The van der Waals surface area contributed by atoms with Gasteiger partial charge in [-0.15, -0.1) is 0 Å². The highest BCUT2D eigenvalue weighted by molar-refractivity contribution is 5.79. The van der Waals surface area contributed by atoms with Crippen LogP contribution in [-0.4, -0.2) is 40.7 Å². The number of hydrogen-bond donors (Lipinski definition) is 1. The van der Waals surface area contributed by atoms with Crippen molar-refractivity contribution in [1.29, 1.82) is 0 Å². The van der Waals surface area contributed by atoms with Gasteiger partial charge in [0, 0.05) is 37.3 Å². The topological polar surface area (TPSA) is 84.2 Å². The third-order valence-corrected chi connectivity index (χ3v) is 6.42. The Morgan fingerprint density at radius 1 is 0.971 bits per heavy atom. The lowest BCUT2D eigenvalue weighted by Crippen LogP contribution is -2.41. The summed E-state index contributed by atoms with van der Waals surface area (Å²) < 4.78 is 5.59. The lowest BCUT2D eigenvalue weighted by molar-refractivity contribution is -0.125. The first-order valence-electron chi connectivity index (χ1n) is 12.2. The average Bonchev–Trinajstić information content (AvgIpc) is 3.43. The Bertz CT molecular complexity index is 1230. The monoisotopic (exact) mass is 467 g/mol. The summed E-state index contributed by atoms with van der Waals surface area (Å²) in [5.41, 5.74) is 3.02. The van der Waals surface area contributed by atoms with Crippen LogP contribution >= 0.6 is 0 Å². The van der Waals surface area contributed by atoms with Gasteiger partial charge in [0.15, 0.2) is 0 Å². The number of nitrogens with zero attached hydrogens (tertiary/aromatic N) is 4. The minimum atomic E-state index is 0.0308. The molecule has 1 aliphatic heterocycles. The Morgan fingerprint density at radius 2 is 1.71 bits per heavy atom. The maximum Gasteiger partial charge on any atom is 0.261 e. The highest BCUT2D eigenvalue weighted by Gasteiger charge is 2.27. The van der Waals surface area contributed by atoms with Gasteiger partial charge < -0.3 is 14.7 Å². The molecule has 5 rings (SSSR count). The van der Waals surface area contributed by atoms with Crippen molar-refractivity contribution in [1.82, 2.24) is 20.4 Å². The summed E-state index contributed by atoms with van der Waals surface area (Å²) in [7, 11) is 0. The number of aromatic nitrogens is 3. The number of carbonyl (C=O) groups excluding carboxylic acids is 1. The minimum absolute atomic E-state index is 0.0308. The van der Waals surface area contributed by atoms with E-state index in [1.165, 1.54) is 5.56 Å². The fraction of sp³-hybridized carbons (Fsp3) is 0.286. The van der Waals surface area contributed by atoms with Gasteiger partial charge in [-0.2, -0.15) is 4.98 Å². The molecule has 7 heteroatoms. The van der Waals surface area contributed by atoms with Crippen LogP contribution in [0.25, 0.3) is 22.8 Å². The van der Waals surface area contributed by atoms with Crippen LogP contribution < -0.4 is 10.2 Å². The second-order valence-electron chi connectivity index (χ2n) is 8.81. The standard InChI is InChI=1S/C28H29N5O2/c34-27(30-18-7-11-21-9-3-1-4-10-21)23-15-19-33(20-16-23)26-24(14-8-17-29-26)28-31-25(32-35-28)22-12-5-2-6-13-22/h1-6,8-10,12-14,17,23H,7,11,15-16,18-20H2,(H,30,34). The summed E-state index contributed by atoms with van der Waals surface area (Å²) in [6, 6.07) is 24.0. The van der Waals surface area contributed by atoms with Crippen molar-refractivity contribution in [2.45, 2.75) is 25.7 Å². The fourth-order valence-corrected chi connectivity index (χ4v) is 4.50. The van der Waals surface area contributed by atoms with Gasteiger partial charge in [0.05, 0.1) is 5.56 Å². The van der Waals surface area contributed by atoms with E-state index in [4.69, 9.17) is 4.52 Å². The highest BCUT2D eigenvalue weighted by Crippen LogP contribution is 2.31. The van der Waals surface area contributed by atoms with E-state index in [2.05, 4.69) is 49.6 Å². The summed E-state index contributed by atoms with van der Waals surface area (Å²) in [6.45, 7) is 2.22. The molecule has 4 aromatic rings. The second kappa shape index (κ2) is 11.0. The lowest BCUT2D eigenvalue weighted by Gasteiger charge is -2.32. The van der Waals surface area contributed by atoms with Gasteiger partial charge in [-0.3, -0.25) is 4.79 Å². The molecular weight excluding hydrogens is 438 g/mol. The van der Waals surface area contributed by atoms with E-state index in [0.717, 1.165) is 55.7 Å². The quantitative estimate of drug-likeness (QED) is 0.376. The first-order valence-corrected chi connectivity index (χ1v) is 12.2. The van der Waals surface area contributed by atoms with E-state index in [9.17, 15) is 4.79 Å². The molecule has 0 unspecified atom stereocenters. The number of piperidine rings is 1. The molecule has 3 heterocycles. The van der Waals surface area contributed by atoms with E-state index < -0.39 is 0 Å². The molecule has 1 saturated heterocycles. The Labute approximate surface area is 205 Å². The SMILES string of the molecule is O=C(NCCCc1ccccc1)C1CCN(c2ncccc2-c2nc(-c3ccccc3)no2)CC1. The fourth-order valence-electron chi connectivity index (χ4n) is 4.50. The molecule has 1 amide bonds.